The van der Waals surface area contributed by atoms with E-state index >= 15 is 0 Å². The van der Waals surface area contributed by atoms with Crippen molar-refractivity contribution in [3.8, 4) is 0 Å². The maximum atomic E-state index is 5.03. The van der Waals surface area contributed by atoms with E-state index in [4.69, 9.17) is 5.90 Å². The summed E-state index contributed by atoms with van der Waals surface area (Å²) >= 11 is 0. The standard InChI is InChI=1S/C9H14N2O/c1-9(2,7-12-10)8-4-3-5-11-6-8/h3-6H,7,10H2,1-2H3. The first-order valence-electron chi connectivity index (χ1n) is 3.89. The maximum absolute atomic E-state index is 5.03. The van der Waals surface area contributed by atoms with Gasteiger partial charge in [-0.1, -0.05) is 19.9 Å². The van der Waals surface area contributed by atoms with Crippen LogP contribution in [0.25, 0.3) is 0 Å². The molecule has 1 heterocycles. The summed E-state index contributed by atoms with van der Waals surface area (Å²) in [4.78, 5) is 8.67. The van der Waals surface area contributed by atoms with Crippen molar-refractivity contribution in [3.05, 3.63) is 30.1 Å². The molecule has 2 N–H and O–H groups in total. The Morgan fingerprint density at radius 3 is 2.83 bits per heavy atom. The van der Waals surface area contributed by atoms with Crippen molar-refractivity contribution in [2.24, 2.45) is 5.90 Å². The van der Waals surface area contributed by atoms with Crippen LogP contribution in [0.1, 0.15) is 19.4 Å². The first-order chi connectivity index (χ1) is 5.67. The van der Waals surface area contributed by atoms with E-state index in [1.54, 1.807) is 6.20 Å². The molecule has 0 radical (unpaired) electrons. The van der Waals surface area contributed by atoms with Crippen molar-refractivity contribution < 1.29 is 4.84 Å². The van der Waals surface area contributed by atoms with Crippen LogP contribution in [-0.2, 0) is 10.3 Å². The minimum absolute atomic E-state index is 0.0665. The Morgan fingerprint density at radius 2 is 2.33 bits per heavy atom. The van der Waals surface area contributed by atoms with Crippen molar-refractivity contribution in [1.82, 2.24) is 4.98 Å². The van der Waals surface area contributed by atoms with E-state index in [2.05, 4.69) is 23.7 Å². The van der Waals surface area contributed by atoms with Gasteiger partial charge in [0, 0.05) is 17.8 Å². The zero-order valence-corrected chi connectivity index (χ0v) is 7.45. The van der Waals surface area contributed by atoms with E-state index < -0.39 is 0 Å². The smallest absolute Gasteiger partial charge is 0.0771 e. The van der Waals surface area contributed by atoms with Crippen LogP contribution in [0.4, 0.5) is 0 Å². The fourth-order valence-electron chi connectivity index (χ4n) is 1.05. The van der Waals surface area contributed by atoms with E-state index in [-0.39, 0.29) is 5.41 Å². The maximum Gasteiger partial charge on any atom is 0.0771 e. The van der Waals surface area contributed by atoms with Gasteiger partial charge in [0.05, 0.1) is 6.61 Å². The SMILES string of the molecule is CC(C)(CON)c1cccnc1. The number of pyridine rings is 1. The number of hydrogen-bond donors (Lipinski definition) is 1. The first-order valence-corrected chi connectivity index (χ1v) is 3.89. The van der Waals surface area contributed by atoms with E-state index in [0.717, 1.165) is 5.56 Å². The van der Waals surface area contributed by atoms with Gasteiger partial charge in [-0.05, 0) is 11.6 Å². The number of nitrogens with zero attached hydrogens (tertiary/aromatic N) is 1. The molecule has 3 nitrogen and oxygen atoms in total. The Hall–Kier alpha value is -0.930. The molecular weight excluding hydrogens is 152 g/mol. The van der Waals surface area contributed by atoms with Gasteiger partial charge in [0.25, 0.3) is 0 Å². The molecule has 0 aliphatic heterocycles. The van der Waals surface area contributed by atoms with Gasteiger partial charge in [-0.3, -0.25) is 4.98 Å². The molecule has 0 aromatic carbocycles. The fraction of sp³-hybridized carbons (Fsp3) is 0.444. The number of hydrogen-bond acceptors (Lipinski definition) is 3. The Labute approximate surface area is 72.5 Å². The summed E-state index contributed by atoms with van der Waals surface area (Å²) < 4.78 is 0. The number of nitrogens with two attached hydrogens (primary N) is 1. The highest BCUT2D eigenvalue weighted by atomic mass is 16.6. The summed E-state index contributed by atoms with van der Waals surface area (Å²) in [7, 11) is 0. The van der Waals surface area contributed by atoms with Gasteiger partial charge in [0.15, 0.2) is 0 Å². The summed E-state index contributed by atoms with van der Waals surface area (Å²) in [5, 5.41) is 0. The highest BCUT2D eigenvalue weighted by Gasteiger charge is 2.20. The van der Waals surface area contributed by atoms with Crippen molar-refractivity contribution in [3.63, 3.8) is 0 Å². The lowest BCUT2D eigenvalue weighted by Gasteiger charge is -2.22. The van der Waals surface area contributed by atoms with E-state index in [9.17, 15) is 0 Å². The zero-order chi connectivity index (χ0) is 9.03. The molecule has 0 atom stereocenters. The van der Waals surface area contributed by atoms with Crippen LogP contribution < -0.4 is 5.90 Å². The van der Waals surface area contributed by atoms with Crippen LogP contribution in [0.5, 0.6) is 0 Å². The zero-order valence-electron chi connectivity index (χ0n) is 7.45. The van der Waals surface area contributed by atoms with Crippen molar-refractivity contribution in [2.45, 2.75) is 19.3 Å². The molecule has 66 valence electrons. The predicted octanol–water partition coefficient (Wildman–Crippen LogP) is 1.25. The minimum atomic E-state index is -0.0665. The molecule has 0 saturated heterocycles. The highest BCUT2D eigenvalue weighted by molar-refractivity contribution is 5.19. The van der Waals surface area contributed by atoms with E-state index in [1.165, 1.54) is 0 Å². The molecule has 0 amide bonds. The largest absolute Gasteiger partial charge is 0.304 e. The van der Waals surface area contributed by atoms with Crippen LogP contribution in [0.3, 0.4) is 0 Å². The fourth-order valence-corrected chi connectivity index (χ4v) is 1.05. The second-order valence-corrected chi connectivity index (χ2v) is 3.44. The summed E-state index contributed by atoms with van der Waals surface area (Å²) in [5.41, 5.74) is 1.07. The molecular formula is C9H14N2O. The molecule has 0 bridgehead atoms. The van der Waals surface area contributed by atoms with Crippen LogP contribution in [0.15, 0.2) is 24.5 Å². The van der Waals surface area contributed by atoms with Crippen molar-refractivity contribution in [1.29, 1.82) is 0 Å². The Morgan fingerprint density at radius 1 is 1.58 bits per heavy atom. The normalized spacial score (nSPS) is 11.6. The number of rotatable bonds is 3. The average Bonchev–Trinajstić information content (AvgIpc) is 2.06. The Balaban J connectivity index is 2.82. The molecule has 0 aliphatic rings. The Bertz CT molecular complexity index is 234. The Kier molecular flexibility index (Phi) is 2.78. The monoisotopic (exact) mass is 166 g/mol. The molecule has 0 unspecified atom stereocenters. The van der Waals surface area contributed by atoms with Gasteiger partial charge in [0.2, 0.25) is 0 Å². The van der Waals surface area contributed by atoms with Gasteiger partial charge in [0.1, 0.15) is 0 Å². The summed E-state index contributed by atoms with van der Waals surface area (Å²) in [6, 6.07) is 3.93. The van der Waals surface area contributed by atoms with Gasteiger partial charge >= 0.3 is 0 Å². The second-order valence-electron chi connectivity index (χ2n) is 3.44. The lowest BCUT2D eigenvalue weighted by Crippen LogP contribution is -2.26. The molecule has 0 aliphatic carbocycles. The van der Waals surface area contributed by atoms with Crippen LogP contribution in [0, 0.1) is 0 Å². The lowest BCUT2D eigenvalue weighted by molar-refractivity contribution is 0.0963. The third kappa shape index (κ3) is 2.03. The molecule has 1 rings (SSSR count). The van der Waals surface area contributed by atoms with Gasteiger partial charge in [-0.15, -0.1) is 0 Å². The summed E-state index contributed by atoms with van der Waals surface area (Å²) in [6.45, 7) is 4.63. The first kappa shape index (κ1) is 9.16. The molecule has 3 heteroatoms. The highest BCUT2D eigenvalue weighted by Crippen LogP contribution is 2.21. The third-order valence-electron chi connectivity index (χ3n) is 1.89. The second kappa shape index (κ2) is 3.65. The van der Waals surface area contributed by atoms with Gasteiger partial charge < -0.3 is 4.84 Å². The molecule has 12 heavy (non-hydrogen) atoms. The minimum Gasteiger partial charge on any atom is -0.304 e. The molecule has 1 aromatic heterocycles. The average molecular weight is 166 g/mol. The molecule has 0 fully saturated rings. The predicted molar refractivity (Wildman–Crippen MR) is 47.4 cm³/mol. The topological polar surface area (TPSA) is 48.1 Å². The van der Waals surface area contributed by atoms with Crippen LogP contribution in [-0.4, -0.2) is 11.6 Å². The molecule has 1 aromatic rings. The third-order valence-corrected chi connectivity index (χ3v) is 1.89. The molecule has 0 spiro atoms. The number of aromatic nitrogens is 1. The van der Waals surface area contributed by atoms with Gasteiger partial charge in [-0.2, -0.15) is 0 Å². The van der Waals surface area contributed by atoms with Gasteiger partial charge in [-0.25, -0.2) is 5.90 Å². The van der Waals surface area contributed by atoms with Crippen LogP contribution in [0.2, 0.25) is 0 Å². The van der Waals surface area contributed by atoms with E-state index in [0.29, 0.717) is 6.61 Å². The summed E-state index contributed by atoms with van der Waals surface area (Å²) in [6.07, 6.45) is 3.59. The van der Waals surface area contributed by atoms with Crippen LogP contribution >= 0.6 is 0 Å². The lowest BCUT2D eigenvalue weighted by atomic mass is 9.87. The van der Waals surface area contributed by atoms with E-state index in [1.807, 2.05) is 18.3 Å². The van der Waals surface area contributed by atoms with Crippen molar-refractivity contribution in [2.75, 3.05) is 6.61 Å². The van der Waals surface area contributed by atoms with Crippen molar-refractivity contribution >= 4 is 0 Å². The molecule has 0 saturated carbocycles. The quantitative estimate of drug-likeness (QED) is 0.687. The summed E-state index contributed by atoms with van der Waals surface area (Å²) in [5.74, 6) is 5.03.